The highest BCUT2D eigenvalue weighted by molar-refractivity contribution is 7.89. The molecule has 21 heavy (non-hydrogen) atoms. The lowest BCUT2D eigenvalue weighted by Gasteiger charge is -2.22. The van der Waals surface area contributed by atoms with Crippen molar-refractivity contribution in [2.75, 3.05) is 25.0 Å². The number of sulfonamides is 1. The second-order valence-electron chi connectivity index (χ2n) is 4.78. The van der Waals surface area contributed by atoms with Crippen molar-refractivity contribution < 1.29 is 18.3 Å². The van der Waals surface area contributed by atoms with Gasteiger partial charge in [0.15, 0.2) is 0 Å². The second kappa shape index (κ2) is 7.99. The van der Waals surface area contributed by atoms with Gasteiger partial charge in [0.2, 0.25) is 10.0 Å². The molecule has 1 aromatic carbocycles. The number of para-hydroxylation sites is 1. The number of rotatable bonds is 9. The maximum atomic E-state index is 12.3. The van der Waals surface area contributed by atoms with Gasteiger partial charge in [-0.25, -0.2) is 13.1 Å². The fourth-order valence-electron chi connectivity index (χ4n) is 1.90. The van der Waals surface area contributed by atoms with Gasteiger partial charge in [0.1, 0.15) is 4.90 Å². The number of hydrogen-bond donors (Lipinski definition) is 2. The third-order valence-corrected chi connectivity index (χ3v) is 4.50. The quantitative estimate of drug-likeness (QED) is 0.724. The molecule has 6 nitrogen and oxygen atoms in total. The third kappa shape index (κ3) is 5.35. The summed E-state index contributed by atoms with van der Waals surface area (Å²) in [5.41, 5.74) is 0.575. The molecule has 0 atom stereocenters. The standard InChI is InChI=1S/C14H22N2O4S/c1-3-10-15-21(19,20)13-8-5-4-7-12(13)16(2)11-6-9-14(17)18/h4-5,7-8,15H,3,6,9-11H2,1-2H3,(H,17,18). The van der Waals surface area contributed by atoms with Crippen LogP contribution in [0.4, 0.5) is 5.69 Å². The maximum absolute atomic E-state index is 12.3. The van der Waals surface area contributed by atoms with Crippen molar-refractivity contribution in [1.29, 1.82) is 0 Å². The zero-order valence-corrected chi connectivity index (χ0v) is 13.2. The van der Waals surface area contributed by atoms with Crippen molar-refractivity contribution in [2.45, 2.75) is 31.1 Å². The molecule has 0 aromatic heterocycles. The lowest BCUT2D eigenvalue weighted by Crippen LogP contribution is -2.28. The van der Waals surface area contributed by atoms with Crippen LogP contribution in [0.2, 0.25) is 0 Å². The molecule has 0 saturated heterocycles. The number of nitrogens with zero attached hydrogens (tertiary/aromatic N) is 1. The van der Waals surface area contributed by atoms with E-state index in [4.69, 9.17) is 5.11 Å². The van der Waals surface area contributed by atoms with Gasteiger partial charge >= 0.3 is 5.97 Å². The molecule has 118 valence electrons. The molecular formula is C14H22N2O4S. The summed E-state index contributed by atoms with van der Waals surface area (Å²) in [5, 5.41) is 8.65. The van der Waals surface area contributed by atoms with E-state index in [1.165, 1.54) is 0 Å². The first kappa shape index (κ1) is 17.5. The van der Waals surface area contributed by atoms with Gasteiger partial charge in [-0.1, -0.05) is 19.1 Å². The summed E-state index contributed by atoms with van der Waals surface area (Å²) in [7, 11) is -1.79. The van der Waals surface area contributed by atoms with Gasteiger partial charge in [0, 0.05) is 26.6 Å². The smallest absolute Gasteiger partial charge is 0.303 e. The first-order valence-corrected chi connectivity index (χ1v) is 8.38. The molecular weight excluding hydrogens is 292 g/mol. The molecule has 0 aliphatic rings. The van der Waals surface area contributed by atoms with E-state index in [2.05, 4.69) is 4.72 Å². The summed E-state index contributed by atoms with van der Waals surface area (Å²) in [6, 6.07) is 6.72. The highest BCUT2D eigenvalue weighted by Gasteiger charge is 2.19. The summed E-state index contributed by atoms with van der Waals surface area (Å²) >= 11 is 0. The minimum atomic E-state index is -3.55. The number of carbonyl (C=O) groups is 1. The molecule has 0 bridgehead atoms. The molecule has 0 spiro atoms. The van der Waals surface area contributed by atoms with Crippen molar-refractivity contribution >= 4 is 21.7 Å². The number of anilines is 1. The highest BCUT2D eigenvalue weighted by atomic mass is 32.2. The minimum Gasteiger partial charge on any atom is -0.481 e. The normalized spacial score (nSPS) is 11.3. The van der Waals surface area contributed by atoms with E-state index in [0.717, 1.165) is 6.42 Å². The largest absolute Gasteiger partial charge is 0.481 e. The van der Waals surface area contributed by atoms with Crippen LogP contribution in [0.1, 0.15) is 26.2 Å². The fourth-order valence-corrected chi connectivity index (χ4v) is 3.29. The van der Waals surface area contributed by atoms with E-state index in [9.17, 15) is 13.2 Å². The van der Waals surface area contributed by atoms with E-state index in [0.29, 0.717) is 25.2 Å². The van der Waals surface area contributed by atoms with Gasteiger partial charge < -0.3 is 10.0 Å². The molecule has 2 N–H and O–H groups in total. The van der Waals surface area contributed by atoms with Gasteiger partial charge in [0.05, 0.1) is 5.69 Å². The van der Waals surface area contributed by atoms with Gasteiger partial charge in [-0.05, 0) is 25.0 Å². The van der Waals surface area contributed by atoms with Gasteiger partial charge in [-0.15, -0.1) is 0 Å². The predicted octanol–water partition coefficient (Wildman–Crippen LogP) is 1.68. The molecule has 0 heterocycles. The lowest BCUT2D eigenvalue weighted by atomic mass is 10.2. The Morgan fingerprint density at radius 1 is 1.33 bits per heavy atom. The third-order valence-electron chi connectivity index (χ3n) is 2.99. The Balaban J connectivity index is 2.90. The van der Waals surface area contributed by atoms with Crippen molar-refractivity contribution in [1.82, 2.24) is 4.72 Å². The van der Waals surface area contributed by atoms with Crippen LogP contribution < -0.4 is 9.62 Å². The van der Waals surface area contributed by atoms with E-state index in [1.54, 1.807) is 36.2 Å². The summed E-state index contributed by atoms with van der Waals surface area (Å²) in [4.78, 5) is 12.5. The number of nitrogens with one attached hydrogen (secondary N) is 1. The first-order chi connectivity index (χ1) is 9.88. The van der Waals surface area contributed by atoms with Gasteiger partial charge in [-0.3, -0.25) is 4.79 Å². The Morgan fingerprint density at radius 3 is 2.62 bits per heavy atom. The average molecular weight is 314 g/mol. The summed E-state index contributed by atoms with van der Waals surface area (Å²) in [6.45, 7) is 2.76. The molecule has 0 radical (unpaired) electrons. The van der Waals surface area contributed by atoms with Gasteiger partial charge in [-0.2, -0.15) is 0 Å². The predicted molar refractivity (Wildman–Crippen MR) is 82.1 cm³/mol. The molecule has 7 heteroatoms. The van der Waals surface area contributed by atoms with E-state index < -0.39 is 16.0 Å². The molecule has 0 unspecified atom stereocenters. The average Bonchev–Trinajstić information content (AvgIpc) is 2.44. The second-order valence-corrected chi connectivity index (χ2v) is 6.52. The van der Waals surface area contributed by atoms with Crippen LogP contribution in [0.15, 0.2) is 29.2 Å². The van der Waals surface area contributed by atoms with Crippen molar-refractivity contribution in [3.05, 3.63) is 24.3 Å². The zero-order chi connectivity index (χ0) is 15.9. The van der Waals surface area contributed by atoms with Crippen molar-refractivity contribution in [2.24, 2.45) is 0 Å². The SMILES string of the molecule is CCCNS(=O)(=O)c1ccccc1N(C)CCCC(=O)O. The fraction of sp³-hybridized carbons (Fsp3) is 0.500. The molecule has 0 aliphatic heterocycles. The Labute approximate surface area is 125 Å². The van der Waals surface area contributed by atoms with Crippen LogP contribution in [0.5, 0.6) is 0 Å². The number of carboxylic acid groups (broad SMARTS) is 1. The van der Waals surface area contributed by atoms with E-state index in [1.807, 2.05) is 6.92 Å². The van der Waals surface area contributed by atoms with Crippen molar-refractivity contribution in [3.8, 4) is 0 Å². The van der Waals surface area contributed by atoms with Crippen LogP contribution in [0.25, 0.3) is 0 Å². The Hall–Kier alpha value is -1.60. The highest BCUT2D eigenvalue weighted by Crippen LogP contribution is 2.24. The maximum Gasteiger partial charge on any atom is 0.303 e. The Kier molecular flexibility index (Phi) is 6.64. The number of benzene rings is 1. The Bertz CT molecular complexity index is 572. The summed E-state index contributed by atoms with van der Waals surface area (Å²) < 4.78 is 27.1. The van der Waals surface area contributed by atoms with Crippen molar-refractivity contribution in [3.63, 3.8) is 0 Å². The van der Waals surface area contributed by atoms with E-state index >= 15 is 0 Å². The van der Waals surface area contributed by atoms with Crippen LogP contribution in [0.3, 0.4) is 0 Å². The van der Waals surface area contributed by atoms with Gasteiger partial charge in [0.25, 0.3) is 0 Å². The molecule has 0 aliphatic carbocycles. The van der Waals surface area contributed by atoms with Crippen LogP contribution in [0, 0.1) is 0 Å². The molecule has 1 aromatic rings. The topological polar surface area (TPSA) is 86.7 Å². The minimum absolute atomic E-state index is 0.0628. The number of hydrogen-bond acceptors (Lipinski definition) is 4. The summed E-state index contributed by atoms with van der Waals surface area (Å²) in [5.74, 6) is -0.853. The monoisotopic (exact) mass is 314 g/mol. The van der Waals surface area contributed by atoms with E-state index in [-0.39, 0.29) is 11.3 Å². The molecule has 0 amide bonds. The molecule has 0 fully saturated rings. The lowest BCUT2D eigenvalue weighted by molar-refractivity contribution is -0.137. The Morgan fingerprint density at radius 2 is 2.00 bits per heavy atom. The number of aliphatic carboxylic acids is 1. The number of carboxylic acids is 1. The summed E-state index contributed by atoms with van der Waals surface area (Å²) in [6.07, 6.45) is 1.24. The van der Waals surface area contributed by atoms with Crippen LogP contribution >= 0.6 is 0 Å². The van der Waals surface area contributed by atoms with Crippen LogP contribution in [-0.2, 0) is 14.8 Å². The van der Waals surface area contributed by atoms with Crippen LogP contribution in [-0.4, -0.2) is 39.6 Å². The molecule has 1 rings (SSSR count). The molecule has 0 saturated carbocycles. The first-order valence-electron chi connectivity index (χ1n) is 6.90. The zero-order valence-electron chi connectivity index (χ0n) is 12.4.